The van der Waals surface area contributed by atoms with Crippen LogP contribution in [-0.4, -0.2) is 23.4 Å². The van der Waals surface area contributed by atoms with E-state index in [4.69, 9.17) is 5.11 Å². The van der Waals surface area contributed by atoms with Crippen LogP contribution >= 0.6 is 0 Å². The molecule has 0 saturated heterocycles. The van der Waals surface area contributed by atoms with Crippen molar-refractivity contribution in [2.24, 2.45) is 0 Å². The number of aromatic hydroxyl groups is 1. The Hall–Kier alpha value is -1.84. The average Bonchev–Trinajstić information content (AvgIpc) is 2.44. The highest BCUT2D eigenvalue weighted by molar-refractivity contribution is 5.42. The second kappa shape index (κ2) is 6.36. The minimum atomic E-state index is -0.117. The van der Waals surface area contributed by atoms with Gasteiger partial charge in [0.05, 0.1) is 12.6 Å². The zero-order chi connectivity index (χ0) is 13.7. The smallest absolute Gasteiger partial charge is 0.120 e. The van der Waals surface area contributed by atoms with E-state index in [1.807, 2.05) is 49.4 Å². The Morgan fingerprint density at radius 2 is 1.84 bits per heavy atom. The van der Waals surface area contributed by atoms with Gasteiger partial charge in [0.1, 0.15) is 5.75 Å². The van der Waals surface area contributed by atoms with E-state index in [1.165, 1.54) is 0 Å². The lowest BCUT2D eigenvalue weighted by molar-refractivity contribution is 0.287. The van der Waals surface area contributed by atoms with Crippen LogP contribution in [0.15, 0.2) is 48.5 Å². The molecule has 1 unspecified atom stereocenters. The Bertz CT molecular complexity index is 526. The molecular formula is C16H19NO2. The lowest BCUT2D eigenvalue weighted by atomic mass is 9.96. The summed E-state index contributed by atoms with van der Waals surface area (Å²) < 4.78 is 0. The highest BCUT2D eigenvalue weighted by Gasteiger charge is 2.16. The maximum Gasteiger partial charge on any atom is 0.120 e. The number of hydrogen-bond donors (Lipinski definition) is 3. The molecule has 19 heavy (non-hydrogen) atoms. The van der Waals surface area contributed by atoms with E-state index in [2.05, 4.69) is 5.32 Å². The quantitative estimate of drug-likeness (QED) is 0.771. The molecule has 0 amide bonds. The van der Waals surface area contributed by atoms with Crippen molar-refractivity contribution >= 4 is 0 Å². The number of benzene rings is 2. The van der Waals surface area contributed by atoms with Gasteiger partial charge in [0, 0.05) is 12.1 Å². The Kier molecular flexibility index (Phi) is 4.55. The van der Waals surface area contributed by atoms with Crippen LogP contribution in [0.4, 0.5) is 0 Å². The second-order valence-corrected chi connectivity index (χ2v) is 4.58. The standard InChI is InChI=1S/C16H19NO2/c1-12-7-8-15(19)14(11-12)16(17-9-10-18)13-5-3-2-4-6-13/h2-8,11,16-19H,9-10H2,1H3. The van der Waals surface area contributed by atoms with Gasteiger partial charge in [-0.1, -0.05) is 48.0 Å². The van der Waals surface area contributed by atoms with Crippen LogP contribution in [0.2, 0.25) is 0 Å². The van der Waals surface area contributed by atoms with Crippen molar-refractivity contribution in [3.63, 3.8) is 0 Å². The van der Waals surface area contributed by atoms with Gasteiger partial charge in [-0.15, -0.1) is 0 Å². The third-order valence-electron chi connectivity index (χ3n) is 3.09. The molecule has 1 atom stereocenters. The lowest BCUT2D eigenvalue weighted by Crippen LogP contribution is -2.25. The summed E-state index contributed by atoms with van der Waals surface area (Å²) in [4.78, 5) is 0. The zero-order valence-corrected chi connectivity index (χ0v) is 11.0. The van der Waals surface area contributed by atoms with E-state index in [0.717, 1.165) is 16.7 Å². The molecule has 0 spiro atoms. The molecule has 0 heterocycles. The molecule has 3 nitrogen and oxygen atoms in total. The lowest BCUT2D eigenvalue weighted by Gasteiger charge is -2.21. The van der Waals surface area contributed by atoms with E-state index >= 15 is 0 Å². The average molecular weight is 257 g/mol. The highest BCUT2D eigenvalue weighted by Crippen LogP contribution is 2.29. The number of phenols is 1. The minimum absolute atomic E-state index is 0.0654. The largest absolute Gasteiger partial charge is 0.508 e. The molecule has 0 aliphatic carbocycles. The molecule has 0 aromatic heterocycles. The Labute approximate surface area is 113 Å². The topological polar surface area (TPSA) is 52.5 Å². The monoisotopic (exact) mass is 257 g/mol. The van der Waals surface area contributed by atoms with Crippen LogP contribution in [0, 0.1) is 6.92 Å². The molecule has 100 valence electrons. The van der Waals surface area contributed by atoms with Crippen LogP contribution in [0.25, 0.3) is 0 Å². The summed E-state index contributed by atoms with van der Waals surface area (Å²) in [7, 11) is 0. The first-order chi connectivity index (χ1) is 9.22. The van der Waals surface area contributed by atoms with Crippen molar-refractivity contribution in [1.82, 2.24) is 5.32 Å². The SMILES string of the molecule is Cc1ccc(O)c(C(NCCO)c2ccccc2)c1. The van der Waals surface area contributed by atoms with Gasteiger partial charge in [-0.25, -0.2) is 0 Å². The molecule has 2 rings (SSSR count). The van der Waals surface area contributed by atoms with Crippen LogP contribution in [-0.2, 0) is 0 Å². The molecule has 0 radical (unpaired) electrons. The summed E-state index contributed by atoms with van der Waals surface area (Å²) in [5.41, 5.74) is 3.00. The fraction of sp³-hybridized carbons (Fsp3) is 0.250. The number of aliphatic hydroxyl groups is 1. The van der Waals surface area contributed by atoms with Crippen LogP contribution < -0.4 is 5.32 Å². The summed E-state index contributed by atoms with van der Waals surface area (Å²) in [5, 5.41) is 22.3. The van der Waals surface area contributed by atoms with Crippen molar-refractivity contribution in [3.05, 3.63) is 65.2 Å². The molecular weight excluding hydrogens is 238 g/mol. The molecule has 0 aliphatic heterocycles. The summed E-state index contributed by atoms with van der Waals surface area (Å²) >= 11 is 0. The Morgan fingerprint density at radius 1 is 1.11 bits per heavy atom. The predicted molar refractivity (Wildman–Crippen MR) is 76.2 cm³/mol. The molecule has 3 N–H and O–H groups in total. The second-order valence-electron chi connectivity index (χ2n) is 4.58. The van der Waals surface area contributed by atoms with E-state index in [-0.39, 0.29) is 18.4 Å². The van der Waals surface area contributed by atoms with E-state index < -0.39 is 0 Å². The predicted octanol–water partition coefficient (Wildman–Crippen LogP) is 2.37. The maximum atomic E-state index is 10.1. The molecule has 3 heteroatoms. The number of nitrogens with one attached hydrogen (secondary N) is 1. The van der Waals surface area contributed by atoms with Gasteiger partial charge in [0.15, 0.2) is 0 Å². The number of aryl methyl sites for hydroxylation is 1. The first-order valence-corrected chi connectivity index (χ1v) is 6.41. The maximum absolute atomic E-state index is 10.1. The van der Waals surface area contributed by atoms with Crippen molar-refractivity contribution in [1.29, 1.82) is 0 Å². The molecule has 0 fully saturated rings. The van der Waals surface area contributed by atoms with Gasteiger partial charge in [-0.3, -0.25) is 0 Å². The Balaban J connectivity index is 2.40. The number of aliphatic hydroxyl groups excluding tert-OH is 1. The van der Waals surface area contributed by atoms with Crippen molar-refractivity contribution in [2.75, 3.05) is 13.2 Å². The van der Waals surface area contributed by atoms with Crippen LogP contribution in [0.1, 0.15) is 22.7 Å². The summed E-state index contributed by atoms with van der Waals surface area (Å²) in [6, 6.07) is 15.4. The molecule has 2 aromatic rings. The number of phenolic OH excluding ortho intramolecular Hbond substituents is 1. The fourth-order valence-electron chi connectivity index (χ4n) is 2.17. The highest BCUT2D eigenvalue weighted by atomic mass is 16.3. The summed E-state index contributed by atoms with van der Waals surface area (Å²) in [5.74, 6) is 0.268. The fourth-order valence-corrected chi connectivity index (χ4v) is 2.17. The first kappa shape index (κ1) is 13.6. The molecule has 0 aliphatic rings. The first-order valence-electron chi connectivity index (χ1n) is 6.41. The third-order valence-corrected chi connectivity index (χ3v) is 3.09. The zero-order valence-electron chi connectivity index (χ0n) is 11.0. The van der Waals surface area contributed by atoms with Gasteiger partial charge in [0.25, 0.3) is 0 Å². The van der Waals surface area contributed by atoms with Gasteiger partial charge >= 0.3 is 0 Å². The van der Waals surface area contributed by atoms with E-state index in [9.17, 15) is 5.11 Å². The van der Waals surface area contributed by atoms with Crippen LogP contribution in [0.3, 0.4) is 0 Å². The summed E-state index contributed by atoms with van der Waals surface area (Å²) in [6.45, 7) is 2.54. The van der Waals surface area contributed by atoms with E-state index in [1.54, 1.807) is 6.07 Å². The van der Waals surface area contributed by atoms with Crippen molar-refractivity contribution in [3.8, 4) is 5.75 Å². The third kappa shape index (κ3) is 3.34. The van der Waals surface area contributed by atoms with Gasteiger partial charge in [-0.05, 0) is 18.6 Å². The molecule has 0 saturated carbocycles. The number of rotatable bonds is 5. The molecule has 0 bridgehead atoms. The van der Waals surface area contributed by atoms with Crippen molar-refractivity contribution < 1.29 is 10.2 Å². The van der Waals surface area contributed by atoms with Gasteiger partial charge in [0.2, 0.25) is 0 Å². The van der Waals surface area contributed by atoms with Crippen LogP contribution in [0.5, 0.6) is 5.75 Å². The molecule has 2 aromatic carbocycles. The Morgan fingerprint density at radius 3 is 2.53 bits per heavy atom. The van der Waals surface area contributed by atoms with Gasteiger partial charge < -0.3 is 15.5 Å². The normalized spacial score (nSPS) is 12.3. The number of hydrogen-bond acceptors (Lipinski definition) is 3. The minimum Gasteiger partial charge on any atom is -0.508 e. The van der Waals surface area contributed by atoms with E-state index in [0.29, 0.717) is 6.54 Å². The summed E-state index contributed by atoms with van der Waals surface area (Å²) in [6.07, 6.45) is 0. The van der Waals surface area contributed by atoms with Crippen molar-refractivity contribution in [2.45, 2.75) is 13.0 Å². The van der Waals surface area contributed by atoms with Gasteiger partial charge in [-0.2, -0.15) is 0 Å².